The van der Waals surface area contributed by atoms with E-state index in [0.717, 1.165) is 0 Å². The predicted molar refractivity (Wildman–Crippen MR) is 57.1 cm³/mol. The molecule has 1 aromatic rings. The Morgan fingerprint density at radius 3 is 2.88 bits per heavy atom. The van der Waals surface area contributed by atoms with E-state index in [-0.39, 0.29) is 12.3 Å². The van der Waals surface area contributed by atoms with Crippen LogP contribution in [0.2, 0.25) is 0 Å². The van der Waals surface area contributed by atoms with Gasteiger partial charge in [0.05, 0.1) is 11.8 Å². The summed E-state index contributed by atoms with van der Waals surface area (Å²) >= 11 is 0. The van der Waals surface area contributed by atoms with E-state index < -0.39 is 5.97 Å². The van der Waals surface area contributed by atoms with E-state index in [4.69, 9.17) is 5.11 Å². The summed E-state index contributed by atoms with van der Waals surface area (Å²) in [6.07, 6.45) is 3.65. The van der Waals surface area contributed by atoms with Crippen LogP contribution in [0, 0.1) is 0 Å². The highest BCUT2D eigenvalue weighted by Gasteiger charge is 2.07. The summed E-state index contributed by atoms with van der Waals surface area (Å²) in [5.74, 6) is -1.07. The van der Waals surface area contributed by atoms with Crippen LogP contribution in [0.15, 0.2) is 12.4 Å². The van der Waals surface area contributed by atoms with Gasteiger partial charge >= 0.3 is 5.97 Å². The number of carbonyl (C=O) groups excluding carboxylic acids is 1. The second kappa shape index (κ2) is 5.89. The number of nitrogens with one attached hydrogen (secondary N) is 1. The SMILES string of the molecule is CCn1cc(C(=O)NCCCC(=O)O)cn1. The molecule has 0 aliphatic heterocycles. The van der Waals surface area contributed by atoms with Crippen LogP contribution in [0.1, 0.15) is 30.1 Å². The van der Waals surface area contributed by atoms with Crippen molar-refractivity contribution in [3.8, 4) is 0 Å². The van der Waals surface area contributed by atoms with Crippen LogP contribution in [0.3, 0.4) is 0 Å². The summed E-state index contributed by atoms with van der Waals surface area (Å²) in [6, 6.07) is 0. The van der Waals surface area contributed by atoms with E-state index in [1.807, 2.05) is 6.92 Å². The Labute approximate surface area is 93.3 Å². The second-order valence-corrected chi connectivity index (χ2v) is 3.34. The maximum absolute atomic E-state index is 11.5. The third-order valence-corrected chi connectivity index (χ3v) is 2.07. The summed E-state index contributed by atoms with van der Waals surface area (Å²) in [5.41, 5.74) is 0.497. The fourth-order valence-corrected chi connectivity index (χ4v) is 1.20. The molecule has 0 atom stereocenters. The summed E-state index contributed by atoms with van der Waals surface area (Å²) in [5, 5.41) is 15.0. The van der Waals surface area contributed by atoms with Crippen LogP contribution < -0.4 is 5.32 Å². The van der Waals surface area contributed by atoms with Crippen molar-refractivity contribution >= 4 is 11.9 Å². The van der Waals surface area contributed by atoms with Gasteiger partial charge in [0, 0.05) is 25.7 Å². The van der Waals surface area contributed by atoms with Crippen LogP contribution in [-0.2, 0) is 11.3 Å². The Morgan fingerprint density at radius 2 is 2.31 bits per heavy atom. The van der Waals surface area contributed by atoms with Gasteiger partial charge in [-0.05, 0) is 13.3 Å². The molecule has 0 radical (unpaired) electrons. The van der Waals surface area contributed by atoms with Gasteiger partial charge in [-0.25, -0.2) is 0 Å². The molecule has 16 heavy (non-hydrogen) atoms. The standard InChI is InChI=1S/C10H15N3O3/c1-2-13-7-8(6-12-13)10(16)11-5-3-4-9(14)15/h6-7H,2-5H2,1H3,(H,11,16)(H,14,15). The Hall–Kier alpha value is -1.85. The summed E-state index contributed by atoms with van der Waals surface area (Å²) in [6.45, 7) is 3.01. The van der Waals surface area contributed by atoms with Gasteiger partial charge < -0.3 is 10.4 Å². The van der Waals surface area contributed by atoms with Gasteiger partial charge in [0.15, 0.2) is 0 Å². The molecular weight excluding hydrogens is 210 g/mol. The molecule has 0 aromatic carbocycles. The van der Waals surface area contributed by atoms with Gasteiger partial charge in [-0.15, -0.1) is 0 Å². The van der Waals surface area contributed by atoms with Crippen LogP contribution >= 0.6 is 0 Å². The zero-order chi connectivity index (χ0) is 12.0. The fourth-order valence-electron chi connectivity index (χ4n) is 1.20. The van der Waals surface area contributed by atoms with Crippen molar-refractivity contribution in [2.24, 2.45) is 0 Å². The minimum Gasteiger partial charge on any atom is -0.481 e. The van der Waals surface area contributed by atoms with E-state index in [2.05, 4.69) is 10.4 Å². The number of carboxylic acid groups (broad SMARTS) is 1. The van der Waals surface area contributed by atoms with Gasteiger partial charge in [-0.1, -0.05) is 0 Å². The van der Waals surface area contributed by atoms with Crippen molar-refractivity contribution in [3.63, 3.8) is 0 Å². The Morgan fingerprint density at radius 1 is 1.56 bits per heavy atom. The lowest BCUT2D eigenvalue weighted by molar-refractivity contribution is -0.137. The maximum Gasteiger partial charge on any atom is 0.303 e. The molecular formula is C10H15N3O3. The van der Waals surface area contributed by atoms with Crippen LogP contribution in [0.4, 0.5) is 0 Å². The van der Waals surface area contributed by atoms with Gasteiger partial charge in [0.1, 0.15) is 0 Å². The predicted octanol–water partition coefficient (Wildman–Crippen LogP) is 0.498. The molecule has 0 unspecified atom stereocenters. The molecule has 0 bridgehead atoms. The van der Waals surface area contributed by atoms with E-state index in [1.165, 1.54) is 6.20 Å². The van der Waals surface area contributed by atoms with Gasteiger partial charge in [0.2, 0.25) is 0 Å². The van der Waals surface area contributed by atoms with E-state index in [9.17, 15) is 9.59 Å². The number of rotatable bonds is 6. The van der Waals surface area contributed by atoms with Crippen molar-refractivity contribution in [3.05, 3.63) is 18.0 Å². The van der Waals surface area contributed by atoms with Crippen molar-refractivity contribution in [2.45, 2.75) is 26.3 Å². The largest absolute Gasteiger partial charge is 0.481 e. The van der Waals surface area contributed by atoms with Crippen molar-refractivity contribution in [2.75, 3.05) is 6.54 Å². The van der Waals surface area contributed by atoms with Crippen LogP contribution in [0.25, 0.3) is 0 Å². The number of hydrogen-bond acceptors (Lipinski definition) is 3. The minimum absolute atomic E-state index is 0.0640. The number of aromatic nitrogens is 2. The zero-order valence-electron chi connectivity index (χ0n) is 9.14. The Kier molecular flexibility index (Phi) is 4.50. The lowest BCUT2D eigenvalue weighted by Crippen LogP contribution is -2.24. The number of carbonyl (C=O) groups is 2. The second-order valence-electron chi connectivity index (χ2n) is 3.34. The Balaban J connectivity index is 2.32. The molecule has 0 aliphatic rings. The minimum atomic E-state index is -0.854. The zero-order valence-corrected chi connectivity index (χ0v) is 9.14. The number of aryl methyl sites for hydroxylation is 1. The van der Waals surface area contributed by atoms with E-state index in [0.29, 0.717) is 25.1 Å². The summed E-state index contributed by atoms with van der Waals surface area (Å²) < 4.78 is 1.66. The van der Waals surface area contributed by atoms with Crippen LogP contribution in [-0.4, -0.2) is 33.3 Å². The Bertz CT molecular complexity index is 373. The topological polar surface area (TPSA) is 84.2 Å². The number of carboxylic acids is 1. The van der Waals surface area contributed by atoms with Crippen molar-refractivity contribution in [1.82, 2.24) is 15.1 Å². The van der Waals surface area contributed by atoms with E-state index >= 15 is 0 Å². The van der Waals surface area contributed by atoms with E-state index in [1.54, 1.807) is 10.9 Å². The first-order valence-electron chi connectivity index (χ1n) is 5.16. The number of hydrogen-bond donors (Lipinski definition) is 2. The molecule has 6 heteroatoms. The first-order valence-corrected chi connectivity index (χ1v) is 5.16. The average molecular weight is 225 g/mol. The molecule has 1 aromatic heterocycles. The molecule has 0 saturated carbocycles. The lowest BCUT2D eigenvalue weighted by Gasteiger charge is -2.01. The molecule has 0 fully saturated rings. The molecule has 1 heterocycles. The lowest BCUT2D eigenvalue weighted by atomic mass is 10.3. The highest BCUT2D eigenvalue weighted by Crippen LogP contribution is 1.97. The van der Waals surface area contributed by atoms with Crippen LogP contribution in [0.5, 0.6) is 0 Å². The number of aliphatic carboxylic acids is 1. The normalized spacial score (nSPS) is 10.1. The van der Waals surface area contributed by atoms with Gasteiger partial charge in [0.25, 0.3) is 5.91 Å². The van der Waals surface area contributed by atoms with Gasteiger partial charge in [-0.2, -0.15) is 5.10 Å². The smallest absolute Gasteiger partial charge is 0.303 e. The third-order valence-electron chi connectivity index (χ3n) is 2.07. The van der Waals surface area contributed by atoms with Gasteiger partial charge in [-0.3, -0.25) is 14.3 Å². The fraction of sp³-hybridized carbons (Fsp3) is 0.500. The molecule has 0 saturated heterocycles. The first-order chi connectivity index (χ1) is 7.63. The third kappa shape index (κ3) is 3.72. The molecule has 1 amide bonds. The molecule has 6 nitrogen and oxygen atoms in total. The average Bonchev–Trinajstić information content (AvgIpc) is 2.72. The van der Waals surface area contributed by atoms with Crippen molar-refractivity contribution in [1.29, 1.82) is 0 Å². The maximum atomic E-state index is 11.5. The monoisotopic (exact) mass is 225 g/mol. The highest BCUT2D eigenvalue weighted by atomic mass is 16.4. The number of nitrogens with zero attached hydrogens (tertiary/aromatic N) is 2. The summed E-state index contributed by atoms with van der Waals surface area (Å²) in [4.78, 5) is 21.7. The molecule has 1 rings (SSSR count). The quantitative estimate of drug-likeness (QED) is 0.690. The highest BCUT2D eigenvalue weighted by molar-refractivity contribution is 5.93. The molecule has 0 aliphatic carbocycles. The molecule has 88 valence electrons. The summed E-state index contributed by atoms with van der Waals surface area (Å²) in [7, 11) is 0. The molecule has 0 spiro atoms. The van der Waals surface area contributed by atoms with Crippen molar-refractivity contribution < 1.29 is 14.7 Å². The first kappa shape index (κ1) is 12.2. The number of amides is 1. The molecule has 2 N–H and O–H groups in total.